The number of halogens is 4. The molecule has 0 saturated heterocycles. The van der Waals surface area contributed by atoms with Crippen LogP contribution in [0.25, 0.3) is 0 Å². The van der Waals surface area contributed by atoms with Gasteiger partial charge in [0.2, 0.25) is 5.75 Å². The molecule has 2 rings (SSSR count). The van der Waals surface area contributed by atoms with Crippen molar-refractivity contribution in [3.05, 3.63) is 62.4 Å². The number of nitro groups is 1. The smallest absolute Gasteiger partial charge is 0.312 e. The van der Waals surface area contributed by atoms with Crippen LogP contribution in [0.2, 0.25) is 0 Å². The zero-order valence-electron chi connectivity index (χ0n) is 9.57. The van der Waals surface area contributed by atoms with Gasteiger partial charge in [-0.25, -0.2) is 13.2 Å². The van der Waals surface area contributed by atoms with Crippen LogP contribution in [0, 0.1) is 27.6 Å². The maximum Gasteiger partial charge on any atom is 0.312 e. The Labute approximate surface area is 119 Å². The molecule has 2 aromatic carbocycles. The summed E-state index contributed by atoms with van der Waals surface area (Å²) in [7, 11) is 0. The average molecular weight is 348 g/mol. The number of hydrogen-bond acceptors (Lipinski definition) is 3. The van der Waals surface area contributed by atoms with Gasteiger partial charge in [-0.05, 0) is 28.1 Å². The molecule has 2 aromatic rings. The van der Waals surface area contributed by atoms with E-state index in [0.717, 1.165) is 24.3 Å². The van der Waals surface area contributed by atoms with E-state index in [4.69, 9.17) is 4.74 Å². The van der Waals surface area contributed by atoms with Crippen LogP contribution in [-0.2, 0) is 0 Å². The third-order valence-electron chi connectivity index (χ3n) is 2.31. The topological polar surface area (TPSA) is 52.4 Å². The monoisotopic (exact) mass is 347 g/mol. The van der Waals surface area contributed by atoms with Gasteiger partial charge in [-0.2, -0.15) is 0 Å². The van der Waals surface area contributed by atoms with E-state index in [9.17, 15) is 23.3 Å². The first-order valence-electron chi connectivity index (χ1n) is 5.15. The lowest BCUT2D eigenvalue weighted by atomic mass is 10.2. The van der Waals surface area contributed by atoms with E-state index < -0.39 is 39.6 Å². The second kappa shape index (κ2) is 5.49. The molecular formula is C12H5BrF3NO3. The lowest BCUT2D eigenvalue weighted by molar-refractivity contribution is -0.385. The standard InChI is InChI=1S/C12H5BrF3NO3/c13-7-4-10(17(18)19)12(5-8(7)15)20-11-2-1-6(14)3-9(11)16/h1-5H. The Morgan fingerprint density at radius 1 is 1.05 bits per heavy atom. The normalized spacial score (nSPS) is 10.4. The van der Waals surface area contributed by atoms with E-state index in [1.54, 1.807) is 0 Å². The van der Waals surface area contributed by atoms with Gasteiger partial charge in [-0.3, -0.25) is 10.1 Å². The molecule has 0 aromatic heterocycles. The summed E-state index contributed by atoms with van der Waals surface area (Å²) in [6, 6.07) is 4.06. The van der Waals surface area contributed by atoms with Crippen molar-refractivity contribution in [1.29, 1.82) is 0 Å². The SMILES string of the molecule is O=[N+]([O-])c1cc(Br)c(F)cc1Oc1ccc(F)cc1F. The first-order chi connectivity index (χ1) is 9.38. The molecule has 0 atom stereocenters. The molecule has 0 spiro atoms. The fourth-order valence-electron chi connectivity index (χ4n) is 1.42. The van der Waals surface area contributed by atoms with Crippen molar-refractivity contribution in [3.63, 3.8) is 0 Å². The Balaban J connectivity index is 2.47. The van der Waals surface area contributed by atoms with E-state index in [0.29, 0.717) is 6.07 Å². The summed E-state index contributed by atoms with van der Waals surface area (Å²) < 4.78 is 44.4. The van der Waals surface area contributed by atoms with Crippen LogP contribution in [-0.4, -0.2) is 4.92 Å². The van der Waals surface area contributed by atoms with Gasteiger partial charge >= 0.3 is 5.69 Å². The van der Waals surface area contributed by atoms with Crippen LogP contribution in [0.4, 0.5) is 18.9 Å². The predicted octanol–water partition coefficient (Wildman–Crippen LogP) is 4.57. The predicted molar refractivity (Wildman–Crippen MR) is 67.2 cm³/mol. The third kappa shape index (κ3) is 2.90. The molecule has 0 saturated carbocycles. The van der Waals surface area contributed by atoms with Gasteiger partial charge in [0.25, 0.3) is 0 Å². The average Bonchev–Trinajstić information content (AvgIpc) is 2.36. The summed E-state index contributed by atoms with van der Waals surface area (Å²) in [5, 5.41) is 10.8. The molecular weight excluding hydrogens is 343 g/mol. The van der Waals surface area contributed by atoms with Crippen molar-refractivity contribution in [2.24, 2.45) is 0 Å². The number of nitro benzene ring substituents is 1. The summed E-state index contributed by atoms with van der Waals surface area (Å²) in [5.41, 5.74) is -0.554. The number of ether oxygens (including phenoxy) is 1. The van der Waals surface area contributed by atoms with Crippen molar-refractivity contribution >= 4 is 21.6 Å². The molecule has 0 aliphatic carbocycles. The molecule has 0 unspecified atom stereocenters. The molecule has 0 aliphatic rings. The Hall–Kier alpha value is -2.09. The highest BCUT2D eigenvalue weighted by atomic mass is 79.9. The number of hydrogen-bond donors (Lipinski definition) is 0. The third-order valence-corrected chi connectivity index (χ3v) is 2.92. The zero-order chi connectivity index (χ0) is 14.9. The molecule has 104 valence electrons. The minimum atomic E-state index is -1.05. The van der Waals surface area contributed by atoms with Gasteiger partial charge < -0.3 is 4.74 Å². The molecule has 0 radical (unpaired) electrons. The molecule has 0 N–H and O–H groups in total. The van der Waals surface area contributed by atoms with Crippen LogP contribution in [0.1, 0.15) is 0 Å². The fraction of sp³-hybridized carbons (Fsp3) is 0. The lowest BCUT2D eigenvalue weighted by Gasteiger charge is -2.08. The quantitative estimate of drug-likeness (QED) is 0.603. The van der Waals surface area contributed by atoms with E-state index in [1.807, 2.05) is 0 Å². The first-order valence-corrected chi connectivity index (χ1v) is 5.94. The number of rotatable bonds is 3. The fourth-order valence-corrected chi connectivity index (χ4v) is 1.75. The van der Waals surface area contributed by atoms with Crippen molar-refractivity contribution < 1.29 is 22.8 Å². The molecule has 0 bridgehead atoms. The molecule has 20 heavy (non-hydrogen) atoms. The Kier molecular flexibility index (Phi) is 3.93. The van der Waals surface area contributed by atoms with Gasteiger partial charge in [-0.15, -0.1) is 0 Å². The highest BCUT2D eigenvalue weighted by molar-refractivity contribution is 9.10. The maximum absolute atomic E-state index is 13.4. The molecule has 8 heteroatoms. The second-order valence-electron chi connectivity index (χ2n) is 3.67. The molecule has 0 aliphatic heterocycles. The van der Waals surface area contributed by atoms with Crippen LogP contribution in [0.5, 0.6) is 11.5 Å². The molecule has 0 amide bonds. The van der Waals surface area contributed by atoms with Gasteiger partial charge in [0.05, 0.1) is 9.40 Å². The first kappa shape index (κ1) is 14.3. The van der Waals surface area contributed by atoms with E-state index in [2.05, 4.69) is 15.9 Å². The summed E-state index contributed by atoms with van der Waals surface area (Å²) in [5.74, 6) is -3.63. The summed E-state index contributed by atoms with van der Waals surface area (Å²) in [4.78, 5) is 10.0. The van der Waals surface area contributed by atoms with Gasteiger partial charge in [0.1, 0.15) is 11.6 Å². The van der Waals surface area contributed by atoms with Gasteiger partial charge in [0.15, 0.2) is 11.6 Å². The number of benzene rings is 2. The van der Waals surface area contributed by atoms with Crippen LogP contribution < -0.4 is 4.74 Å². The summed E-state index contributed by atoms with van der Waals surface area (Å²) in [6.07, 6.45) is 0. The van der Waals surface area contributed by atoms with Gasteiger partial charge in [-0.1, -0.05) is 0 Å². The molecule has 4 nitrogen and oxygen atoms in total. The van der Waals surface area contributed by atoms with Crippen molar-refractivity contribution in [2.45, 2.75) is 0 Å². The Morgan fingerprint density at radius 2 is 1.75 bits per heavy atom. The van der Waals surface area contributed by atoms with Crippen LogP contribution in [0.15, 0.2) is 34.8 Å². The highest BCUT2D eigenvalue weighted by Gasteiger charge is 2.20. The Morgan fingerprint density at radius 3 is 2.35 bits per heavy atom. The zero-order valence-corrected chi connectivity index (χ0v) is 11.2. The van der Waals surface area contributed by atoms with Crippen LogP contribution in [0.3, 0.4) is 0 Å². The molecule has 0 fully saturated rings. The second-order valence-corrected chi connectivity index (χ2v) is 4.52. The Bertz CT molecular complexity index is 694. The maximum atomic E-state index is 13.4. The van der Waals surface area contributed by atoms with E-state index >= 15 is 0 Å². The van der Waals surface area contributed by atoms with Crippen molar-refractivity contribution in [1.82, 2.24) is 0 Å². The van der Waals surface area contributed by atoms with Crippen molar-refractivity contribution in [3.8, 4) is 11.5 Å². The minimum absolute atomic E-state index is 0.129. The highest BCUT2D eigenvalue weighted by Crippen LogP contribution is 2.36. The minimum Gasteiger partial charge on any atom is -0.447 e. The summed E-state index contributed by atoms with van der Waals surface area (Å²) in [6.45, 7) is 0. The summed E-state index contributed by atoms with van der Waals surface area (Å²) >= 11 is 2.80. The van der Waals surface area contributed by atoms with Crippen LogP contribution >= 0.6 is 15.9 Å². The van der Waals surface area contributed by atoms with E-state index in [1.165, 1.54) is 0 Å². The van der Waals surface area contributed by atoms with E-state index in [-0.39, 0.29) is 4.47 Å². The lowest BCUT2D eigenvalue weighted by Crippen LogP contribution is -1.96. The largest absolute Gasteiger partial charge is 0.447 e. The number of nitrogens with zero attached hydrogens (tertiary/aromatic N) is 1. The van der Waals surface area contributed by atoms with Gasteiger partial charge in [0, 0.05) is 18.2 Å². The molecule has 0 heterocycles. The van der Waals surface area contributed by atoms with Crippen molar-refractivity contribution in [2.75, 3.05) is 0 Å².